The Morgan fingerprint density at radius 1 is 1.04 bits per heavy atom. The monoisotopic (exact) mass is 351 g/mol. The molecule has 0 aliphatic carbocycles. The van der Waals surface area contributed by atoms with Crippen LogP contribution in [0.15, 0.2) is 54.6 Å². The molecule has 2 amide bonds. The molecule has 2 heterocycles. The van der Waals surface area contributed by atoms with Crippen molar-refractivity contribution >= 4 is 11.7 Å². The predicted molar refractivity (Wildman–Crippen MR) is 103 cm³/mol. The lowest BCUT2D eigenvalue weighted by Gasteiger charge is -2.46. The highest BCUT2D eigenvalue weighted by atomic mass is 16.5. The van der Waals surface area contributed by atoms with Crippen LogP contribution in [0.1, 0.15) is 6.92 Å². The molecule has 4 rings (SSSR count). The maximum absolute atomic E-state index is 12.9. The number of morpholine rings is 1. The molecule has 26 heavy (non-hydrogen) atoms. The Kier molecular flexibility index (Phi) is 4.91. The van der Waals surface area contributed by atoms with Gasteiger partial charge in [0.2, 0.25) is 0 Å². The van der Waals surface area contributed by atoms with Gasteiger partial charge < -0.3 is 15.0 Å². The summed E-state index contributed by atoms with van der Waals surface area (Å²) in [6.45, 7) is 6.05. The summed E-state index contributed by atoms with van der Waals surface area (Å²) < 4.78 is 5.67. The number of hydrogen-bond acceptors (Lipinski definition) is 3. The molecule has 2 aromatic carbocycles. The summed E-state index contributed by atoms with van der Waals surface area (Å²) in [5.74, 6) is 0. The summed E-state index contributed by atoms with van der Waals surface area (Å²) in [6, 6.07) is 18.8. The van der Waals surface area contributed by atoms with Gasteiger partial charge >= 0.3 is 6.03 Å². The summed E-state index contributed by atoms with van der Waals surface area (Å²) in [7, 11) is 0. The number of para-hydroxylation sites is 1. The first-order valence-electron chi connectivity index (χ1n) is 9.26. The van der Waals surface area contributed by atoms with E-state index in [9.17, 15) is 4.79 Å². The molecule has 0 radical (unpaired) electrons. The number of piperazine rings is 1. The molecular formula is C21H25N3O2. The van der Waals surface area contributed by atoms with E-state index in [1.165, 1.54) is 0 Å². The zero-order valence-corrected chi connectivity index (χ0v) is 15.1. The van der Waals surface area contributed by atoms with Crippen LogP contribution in [0, 0.1) is 0 Å². The molecule has 0 aromatic heterocycles. The second-order valence-corrected chi connectivity index (χ2v) is 7.07. The summed E-state index contributed by atoms with van der Waals surface area (Å²) in [6.07, 6.45) is 0. The molecule has 5 nitrogen and oxygen atoms in total. The average molecular weight is 351 g/mol. The van der Waals surface area contributed by atoms with Crippen molar-refractivity contribution in [2.75, 3.05) is 38.2 Å². The van der Waals surface area contributed by atoms with Crippen molar-refractivity contribution in [3.63, 3.8) is 0 Å². The molecule has 2 aliphatic heterocycles. The zero-order chi connectivity index (χ0) is 17.9. The SMILES string of the molecule is C[C@H]1COC[C@H]2CN(C(=O)Nc3ccccc3-c3ccccc3)CCN21. The Labute approximate surface area is 154 Å². The number of fused-ring (bicyclic) bond motifs is 1. The van der Waals surface area contributed by atoms with Gasteiger partial charge in [0.1, 0.15) is 0 Å². The fraction of sp³-hybridized carbons (Fsp3) is 0.381. The first-order chi connectivity index (χ1) is 12.7. The van der Waals surface area contributed by atoms with Crippen molar-refractivity contribution in [1.29, 1.82) is 0 Å². The third-order valence-corrected chi connectivity index (χ3v) is 5.30. The normalized spacial score (nSPS) is 23.3. The van der Waals surface area contributed by atoms with E-state index in [1.807, 2.05) is 47.4 Å². The van der Waals surface area contributed by atoms with E-state index in [0.717, 1.165) is 36.5 Å². The van der Waals surface area contributed by atoms with Crippen molar-refractivity contribution < 1.29 is 9.53 Å². The number of anilines is 1. The van der Waals surface area contributed by atoms with Crippen LogP contribution in [0.2, 0.25) is 0 Å². The van der Waals surface area contributed by atoms with E-state index < -0.39 is 0 Å². The number of carbonyl (C=O) groups excluding carboxylic acids is 1. The number of hydrogen-bond donors (Lipinski definition) is 1. The molecule has 5 heteroatoms. The minimum Gasteiger partial charge on any atom is -0.378 e. The third-order valence-electron chi connectivity index (χ3n) is 5.30. The van der Waals surface area contributed by atoms with Crippen LogP contribution in [0.5, 0.6) is 0 Å². The minimum atomic E-state index is -0.0359. The van der Waals surface area contributed by atoms with Crippen LogP contribution in [-0.2, 0) is 4.74 Å². The van der Waals surface area contributed by atoms with Gasteiger partial charge in [0.25, 0.3) is 0 Å². The van der Waals surface area contributed by atoms with Crippen molar-refractivity contribution in [1.82, 2.24) is 9.80 Å². The Morgan fingerprint density at radius 3 is 2.65 bits per heavy atom. The van der Waals surface area contributed by atoms with Gasteiger partial charge in [-0.3, -0.25) is 4.90 Å². The van der Waals surface area contributed by atoms with Gasteiger partial charge in [0.15, 0.2) is 0 Å². The minimum absolute atomic E-state index is 0.0359. The molecular weight excluding hydrogens is 326 g/mol. The summed E-state index contributed by atoms with van der Waals surface area (Å²) in [4.78, 5) is 17.2. The lowest BCUT2D eigenvalue weighted by Crippen LogP contribution is -2.62. The second kappa shape index (κ2) is 7.48. The van der Waals surface area contributed by atoms with Gasteiger partial charge in [-0.05, 0) is 18.6 Å². The van der Waals surface area contributed by atoms with Crippen LogP contribution < -0.4 is 5.32 Å². The summed E-state index contributed by atoms with van der Waals surface area (Å²) >= 11 is 0. The van der Waals surface area contributed by atoms with E-state index in [4.69, 9.17) is 4.74 Å². The smallest absolute Gasteiger partial charge is 0.321 e. The highest BCUT2D eigenvalue weighted by molar-refractivity contribution is 5.94. The first kappa shape index (κ1) is 17.1. The largest absolute Gasteiger partial charge is 0.378 e. The van der Waals surface area contributed by atoms with E-state index in [1.54, 1.807) is 0 Å². The van der Waals surface area contributed by atoms with Crippen molar-refractivity contribution in [3.8, 4) is 11.1 Å². The highest BCUT2D eigenvalue weighted by Crippen LogP contribution is 2.28. The number of rotatable bonds is 2. The number of nitrogens with zero attached hydrogens (tertiary/aromatic N) is 2. The molecule has 2 aliphatic rings. The van der Waals surface area contributed by atoms with Crippen molar-refractivity contribution in [2.24, 2.45) is 0 Å². The van der Waals surface area contributed by atoms with Gasteiger partial charge in [-0.2, -0.15) is 0 Å². The second-order valence-electron chi connectivity index (χ2n) is 7.07. The van der Waals surface area contributed by atoms with E-state index in [-0.39, 0.29) is 6.03 Å². The van der Waals surface area contributed by atoms with Gasteiger partial charge in [0.05, 0.1) is 24.9 Å². The van der Waals surface area contributed by atoms with Crippen LogP contribution in [0.3, 0.4) is 0 Å². The molecule has 0 spiro atoms. The lowest BCUT2D eigenvalue weighted by molar-refractivity contribution is -0.0675. The highest BCUT2D eigenvalue weighted by Gasteiger charge is 2.35. The quantitative estimate of drug-likeness (QED) is 0.903. The summed E-state index contributed by atoms with van der Waals surface area (Å²) in [5.41, 5.74) is 2.98. The molecule has 2 saturated heterocycles. The fourth-order valence-electron chi connectivity index (χ4n) is 3.91. The number of benzene rings is 2. The van der Waals surface area contributed by atoms with Crippen molar-refractivity contribution in [3.05, 3.63) is 54.6 Å². The average Bonchev–Trinajstić information content (AvgIpc) is 2.69. The predicted octanol–water partition coefficient (Wildman–Crippen LogP) is 3.29. The molecule has 1 N–H and O–H groups in total. The molecule has 0 unspecified atom stereocenters. The number of carbonyl (C=O) groups is 1. The van der Waals surface area contributed by atoms with Gasteiger partial charge in [-0.1, -0.05) is 48.5 Å². The Bertz CT molecular complexity index is 765. The standard InChI is InChI=1S/C21H25N3O2/c1-16-14-26-15-18-13-23(11-12-24(16)18)21(25)22-20-10-6-5-9-19(20)17-7-3-2-4-8-17/h2-10,16,18H,11-15H2,1H3,(H,22,25)/t16-,18+/m0/s1. The van der Waals surface area contributed by atoms with E-state index in [2.05, 4.69) is 29.3 Å². The molecule has 0 saturated carbocycles. The molecule has 136 valence electrons. The lowest BCUT2D eigenvalue weighted by atomic mass is 10.0. The van der Waals surface area contributed by atoms with Crippen LogP contribution in [-0.4, -0.2) is 60.8 Å². The number of urea groups is 1. The molecule has 2 atom stereocenters. The van der Waals surface area contributed by atoms with Crippen LogP contribution in [0.4, 0.5) is 10.5 Å². The van der Waals surface area contributed by atoms with Gasteiger partial charge in [-0.25, -0.2) is 4.79 Å². The number of amides is 2. The number of ether oxygens (including phenoxy) is 1. The molecule has 2 aromatic rings. The molecule has 2 fully saturated rings. The zero-order valence-electron chi connectivity index (χ0n) is 15.1. The topological polar surface area (TPSA) is 44.8 Å². The Morgan fingerprint density at radius 2 is 1.81 bits per heavy atom. The Hall–Kier alpha value is -2.37. The maximum Gasteiger partial charge on any atom is 0.321 e. The van der Waals surface area contributed by atoms with E-state index >= 15 is 0 Å². The molecule has 0 bridgehead atoms. The van der Waals surface area contributed by atoms with Crippen molar-refractivity contribution in [2.45, 2.75) is 19.0 Å². The van der Waals surface area contributed by atoms with Gasteiger partial charge in [0, 0.05) is 31.2 Å². The van der Waals surface area contributed by atoms with Gasteiger partial charge in [-0.15, -0.1) is 0 Å². The van der Waals surface area contributed by atoms with Crippen LogP contribution >= 0.6 is 0 Å². The maximum atomic E-state index is 12.9. The fourth-order valence-corrected chi connectivity index (χ4v) is 3.91. The Balaban J connectivity index is 1.48. The third kappa shape index (κ3) is 3.45. The summed E-state index contributed by atoms with van der Waals surface area (Å²) in [5, 5.41) is 3.11. The number of nitrogens with one attached hydrogen (secondary N) is 1. The first-order valence-corrected chi connectivity index (χ1v) is 9.26. The van der Waals surface area contributed by atoms with Crippen LogP contribution in [0.25, 0.3) is 11.1 Å². The van der Waals surface area contributed by atoms with E-state index in [0.29, 0.717) is 25.2 Å².